The minimum Gasteiger partial charge on any atom is -0.439 e. The van der Waals surface area contributed by atoms with E-state index in [1.807, 2.05) is 29.1 Å². The number of hydrogen-bond donors (Lipinski definition) is 1. The highest BCUT2D eigenvalue weighted by atomic mass is 19.1. The molecular weight excluding hydrogens is 371 g/mol. The van der Waals surface area contributed by atoms with Crippen LogP contribution in [0.2, 0.25) is 0 Å². The third kappa shape index (κ3) is 4.84. The highest BCUT2D eigenvalue weighted by molar-refractivity contribution is 5.92. The lowest BCUT2D eigenvalue weighted by Gasteiger charge is -2.09. The lowest BCUT2D eigenvalue weighted by molar-refractivity contribution is -0.115. The van der Waals surface area contributed by atoms with E-state index in [2.05, 4.69) is 15.3 Å². The summed E-state index contributed by atoms with van der Waals surface area (Å²) in [6.45, 7) is 0. The smallest absolute Gasteiger partial charge is 0.228 e. The molecule has 6 nitrogen and oxygen atoms in total. The fourth-order valence-corrected chi connectivity index (χ4v) is 2.73. The zero-order chi connectivity index (χ0) is 20.1. The van der Waals surface area contributed by atoms with Crippen molar-refractivity contribution in [3.8, 4) is 17.4 Å². The first kappa shape index (κ1) is 18.4. The highest BCUT2D eigenvalue weighted by Crippen LogP contribution is 2.22. The first-order valence-electron chi connectivity index (χ1n) is 8.93. The molecule has 29 heavy (non-hydrogen) atoms. The molecule has 0 aliphatic carbocycles. The Balaban J connectivity index is 1.37. The standard InChI is InChI=1S/C22H17FN4O2/c23-17-5-3-16(4-6-17)13-21(28)26-18-7-9-19(10-8-18)29-22-14-20(24-15-25-22)27-11-1-2-12-27/h1-12,14-15H,13H2,(H,26,28). The maximum absolute atomic E-state index is 12.9. The van der Waals surface area contributed by atoms with E-state index in [9.17, 15) is 9.18 Å². The van der Waals surface area contributed by atoms with E-state index in [-0.39, 0.29) is 18.1 Å². The third-order valence-corrected chi connectivity index (χ3v) is 4.13. The Morgan fingerprint density at radius 2 is 1.72 bits per heavy atom. The summed E-state index contributed by atoms with van der Waals surface area (Å²) in [7, 11) is 0. The van der Waals surface area contributed by atoms with E-state index in [1.54, 1.807) is 42.5 Å². The largest absolute Gasteiger partial charge is 0.439 e. The topological polar surface area (TPSA) is 69.0 Å². The number of halogens is 1. The molecule has 2 heterocycles. The van der Waals surface area contributed by atoms with Crippen molar-refractivity contribution in [1.82, 2.24) is 14.5 Å². The van der Waals surface area contributed by atoms with Gasteiger partial charge in [0.2, 0.25) is 11.8 Å². The number of aromatic nitrogens is 3. The second-order valence-corrected chi connectivity index (χ2v) is 6.28. The lowest BCUT2D eigenvalue weighted by atomic mass is 10.1. The van der Waals surface area contributed by atoms with Crippen molar-refractivity contribution >= 4 is 11.6 Å². The second kappa shape index (κ2) is 8.35. The Labute approximate surface area is 166 Å². The Kier molecular flexibility index (Phi) is 5.29. The predicted octanol–water partition coefficient (Wildman–Crippen LogP) is 4.38. The van der Waals surface area contributed by atoms with Crippen LogP contribution in [0, 0.1) is 5.82 Å². The van der Waals surface area contributed by atoms with Crippen LogP contribution in [0.4, 0.5) is 10.1 Å². The van der Waals surface area contributed by atoms with Crippen LogP contribution in [-0.2, 0) is 11.2 Å². The molecule has 4 rings (SSSR count). The van der Waals surface area contributed by atoms with Crippen molar-refractivity contribution in [2.45, 2.75) is 6.42 Å². The molecule has 0 aliphatic heterocycles. The molecule has 0 spiro atoms. The molecule has 4 aromatic rings. The van der Waals surface area contributed by atoms with Gasteiger partial charge in [0.05, 0.1) is 6.42 Å². The minimum atomic E-state index is -0.325. The van der Waals surface area contributed by atoms with Gasteiger partial charge in [0.25, 0.3) is 0 Å². The summed E-state index contributed by atoms with van der Waals surface area (Å²) in [5.74, 6) is 1.19. The van der Waals surface area contributed by atoms with Crippen molar-refractivity contribution in [3.05, 3.63) is 96.8 Å². The molecule has 2 aromatic heterocycles. The number of carbonyl (C=O) groups excluding carboxylic acids is 1. The van der Waals surface area contributed by atoms with Crippen LogP contribution >= 0.6 is 0 Å². The summed E-state index contributed by atoms with van der Waals surface area (Å²) in [6, 6.07) is 18.4. The molecule has 0 atom stereocenters. The molecule has 7 heteroatoms. The van der Waals surface area contributed by atoms with E-state index in [1.165, 1.54) is 18.5 Å². The quantitative estimate of drug-likeness (QED) is 0.532. The van der Waals surface area contributed by atoms with E-state index < -0.39 is 0 Å². The summed E-state index contributed by atoms with van der Waals surface area (Å²) < 4.78 is 20.6. The van der Waals surface area contributed by atoms with Crippen molar-refractivity contribution in [3.63, 3.8) is 0 Å². The number of nitrogens with zero attached hydrogens (tertiary/aromatic N) is 3. The van der Waals surface area contributed by atoms with Crippen LogP contribution in [0.5, 0.6) is 11.6 Å². The Bertz CT molecular complexity index is 1090. The monoisotopic (exact) mass is 388 g/mol. The van der Waals surface area contributed by atoms with Gasteiger partial charge in [-0.3, -0.25) is 4.79 Å². The number of rotatable bonds is 6. The van der Waals surface area contributed by atoms with E-state index in [0.29, 0.717) is 23.1 Å². The van der Waals surface area contributed by atoms with Gasteiger partial charge in [0, 0.05) is 24.1 Å². The maximum atomic E-state index is 12.9. The van der Waals surface area contributed by atoms with Gasteiger partial charge in [-0.1, -0.05) is 12.1 Å². The summed E-state index contributed by atoms with van der Waals surface area (Å²) in [6.07, 6.45) is 5.38. The van der Waals surface area contributed by atoms with Gasteiger partial charge in [-0.2, -0.15) is 0 Å². The number of hydrogen-bond acceptors (Lipinski definition) is 4. The lowest BCUT2D eigenvalue weighted by Crippen LogP contribution is -2.14. The number of carbonyl (C=O) groups is 1. The fourth-order valence-electron chi connectivity index (χ4n) is 2.73. The van der Waals surface area contributed by atoms with Gasteiger partial charge in [0.15, 0.2) is 0 Å². The number of anilines is 1. The average molecular weight is 388 g/mol. The van der Waals surface area contributed by atoms with Crippen molar-refractivity contribution in [2.24, 2.45) is 0 Å². The summed E-state index contributed by atoms with van der Waals surface area (Å²) in [5, 5.41) is 2.81. The highest BCUT2D eigenvalue weighted by Gasteiger charge is 2.06. The molecule has 1 amide bonds. The van der Waals surface area contributed by atoms with Gasteiger partial charge in [-0.25, -0.2) is 14.4 Å². The van der Waals surface area contributed by atoms with Gasteiger partial charge >= 0.3 is 0 Å². The first-order chi connectivity index (χ1) is 14.2. The van der Waals surface area contributed by atoms with Gasteiger partial charge < -0.3 is 14.6 Å². The number of nitrogens with one attached hydrogen (secondary N) is 1. The summed E-state index contributed by atoms with van der Waals surface area (Å²) >= 11 is 0. The average Bonchev–Trinajstić information content (AvgIpc) is 3.26. The van der Waals surface area contributed by atoms with Gasteiger partial charge in [0.1, 0.15) is 23.7 Å². The maximum Gasteiger partial charge on any atom is 0.228 e. The minimum absolute atomic E-state index is 0.168. The molecule has 0 saturated heterocycles. The molecule has 1 N–H and O–H groups in total. The van der Waals surface area contributed by atoms with E-state index in [0.717, 1.165) is 5.56 Å². The molecule has 0 unspecified atom stereocenters. The molecule has 0 radical (unpaired) electrons. The van der Waals surface area contributed by atoms with Crippen LogP contribution in [0.15, 0.2) is 85.5 Å². The van der Waals surface area contributed by atoms with Crippen LogP contribution in [-0.4, -0.2) is 20.4 Å². The summed E-state index contributed by atoms with van der Waals surface area (Å²) in [4.78, 5) is 20.5. The van der Waals surface area contributed by atoms with Crippen LogP contribution in [0.3, 0.4) is 0 Å². The summed E-state index contributed by atoms with van der Waals surface area (Å²) in [5.41, 5.74) is 1.38. The van der Waals surface area contributed by atoms with E-state index in [4.69, 9.17) is 4.74 Å². The fraction of sp³-hybridized carbons (Fsp3) is 0.0455. The molecular formula is C22H17FN4O2. The zero-order valence-electron chi connectivity index (χ0n) is 15.3. The van der Waals surface area contributed by atoms with Crippen molar-refractivity contribution in [2.75, 3.05) is 5.32 Å². The number of ether oxygens (including phenoxy) is 1. The number of benzene rings is 2. The van der Waals surface area contributed by atoms with Crippen LogP contribution in [0.25, 0.3) is 5.82 Å². The van der Waals surface area contributed by atoms with Crippen LogP contribution < -0.4 is 10.1 Å². The molecule has 2 aromatic carbocycles. The molecule has 144 valence electrons. The Morgan fingerprint density at radius 3 is 2.45 bits per heavy atom. The van der Waals surface area contributed by atoms with Crippen molar-refractivity contribution in [1.29, 1.82) is 0 Å². The molecule has 0 fully saturated rings. The normalized spacial score (nSPS) is 10.5. The van der Waals surface area contributed by atoms with Gasteiger partial charge in [-0.15, -0.1) is 0 Å². The van der Waals surface area contributed by atoms with E-state index >= 15 is 0 Å². The molecule has 0 saturated carbocycles. The second-order valence-electron chi connectivity index (χ2n) is 6.28. The third-order valence-electron chi connectivity index (χ3n) is 4.13. The van der Waals surface area contributed by atoms with Gasteiger partial charge in [-0.05, 0) is 54.1 Å². The molecule has 0 bridgehead atoms. The van der Waals surface area contributed by atoms with Crippen molar-refractivity contribution < 1.29 is 13.9 Å². The SMILES string of the molecule is O=C(Cc1ccc(F)cc1)Nc1ccc(Oc2cc(-n3cccc3)ncn2)cc1. The van der Waals surface area contributed by atoms with Crippen LogP contribution in [0.1, 0.15) is 5.56 Å². The Morgan fingerprint density at radius 1 is 1.00 bits per heavy atom. The zero-order valence-corrected chi connectivity index (χ0v) is 15.3. The Hall–Kier alpha value is -4.00. The molecule has 0 aliphatic rings. The predicted molar refractivity (Wildman–Crippen MR) is 107 cm³/mol. The first-order valence-corrected chi connectivity index (χ1v) is 8.93. The number of amides is 1.